The van der Waals surface area contributed by atoms with Crippen LogP contribution >= 0.6 is 23.2 Å². The van der Waals surface area contributed by atoms with Gasteiger partial charge in [0, 0.05) is 15.6 Å². The molecule has 0 aliphatic heterocycles. The number of fused-ring (bicyclic) bond motifs is 1. The van der Waals surface area contributed by atoms with Gasteiger partial charge in [0.25, 0.3) is 0 Å². The third kappa shape index (κ3) is 4.84. The Hall–Kier alpha value is -0.687. The van der Waals surface area contributed by atoms with Crippen LogP contribution in [-0.2, 0) is 26.2 Å². The summed E-state index contributed by atoms with van der Waals surface area (Å²) < 4.78 is 0. The van der Waals surface area contributed by atoms with Crippen molar-refractivity contribution in [3.05, 3.63) is 88.4 Å². The van der Waals surface area contributed by atoms with Crippen LogP contribution in [0.5, 0.6) is 0 Å². The molecule has 27 heavy (non-hydrogen) atoms. The summed E-state index contributed by atoms with van der Waals surface area (Å²) in [5.74, 6) is 0. The largest absolute Gasteiger partial charge is 3.00 e. The standard InChI is InChI=1S/C22H15Cl2.2ClH.Zr/c1-14-11-15-5-4-8-19(21(15)12-14)17-6-2-3-7-18(17)20-10-9-16(23)13-22(20)24;;;/h2-13H,1H3;2*1H;/q-1;;;+3/p-2. The summed E-state index contributed by atoms with van der Waals surface area (Å²) >= 11 is 12.5. The average Bonchev–Trinajstić information content (AvgIpc) is 2.95. The third-order valence-corrected chi connectivity index (χ3v) is 4.88. The molecule has 0 amide bonds. The Balaban J connectivity index is 0.00000121. The maximum atomic E-state index is 6.46. The van der Waals surface area contributed by atoms with Crippen LogP contribution in [0.1, 0.15) is 5.56 Å². The van der Waals surface area contributed by atoms with Crippen LogP contribution in [0.2, 0.25) is 10.0 Å². The van der Waals surface area contributed by atoms with Crippen LogP contribution in [-0.4, -0.2) is 0 Å². The predicted molar refractivity (Wildman–Crippen MR) is 105 cm³/mol. The second-order valence-electron chi connectivity index (χ2n) is 6.01. The Bertz CT molecular complexity index is 1050. The molecule has 0 heterocycles. The van der Waals surface area contributed by atoms with Crippen molar-refractivity contribution in [2.24, 2.45) is 0 Å². The van der Waals surface area contributed by atoms with Crippen LogP contribution < -0.4 is 24.8 Å². The summed E-state index contributed by atoms with van der Waals surface area (Å²) in [6, 6.07) is 24.9. The first-order valence-corrected chi connectivity index (χ1v) is 8.60. The molecule has 4 aromatic carbocycles. The zero-order valence-corrected chi connectivity index (χ0v) is 19.9. The molecule has 0 bridgehead atoms. The number of benzene rings is 3. The van der Waals surface area contributed by atoms with Crippen molar-refractivity contribution in [3.8, 4) is 22.3 Å². The van der Waals surface area contributed by atoms with E-state index in [-0.39, 0.29) is 51.0 Å². The molecule has 0 unspecified atom stereocenters. The Kier molecular flexibility index (Phi) is 9.19. The molecule has 0 saturated heterocycles. The van der Waals surface area contributed by atoms with Gasteiger partial charge < -0.3 is 24.8 Å². The molecule has 0 spiro atoms. The first-order valence-electron chi connectivity index (χ1n) is 7.84. The van der Waals surface area contributed by atoms with Gasteiger partial charge in [0.15, 0.2) is 0 Å². The molecule has 135 valence electrons. The Morgan fingerprint density at radius 2 is 1.33 bits per heavy atom. The average molecular weight is 512 g/mol. The van der Waals surface area contributed by atoms with Crippen molar-refractivity contribution in [1.29, 1.82) is 0 Å². The van der Waals surface area contributed by atoms with Gasteiger partial charge >= 0.3 is 26.2 Å². The van der Waals surface area contributed by atoms with Gasteiger partial charge in [-0.05, 0) is 23.3 Å². The SMILES string of the molecule is Cc1cc2c(-c3ccccc3-c3ccc(Cl)cc3Cl)cccc2[cH-]1.[Cl-].[Cl-].[Zr+3]. The fraction of sp³-hybridized carbons (Fsp3) is 0.0455. The molecule has 0 aromatic heterocycles. The number of rotatable bonds is 2. The zero-order valence-electron chi connectivity index (χ0n) is 14.4. The van der Waals surface area contributed by atoms with Gasteiger partial charge in [0.05, 0.1) is 0 Å². The fourth-order valence-electron chi connectivity index (χ4n) is 3.28. The van der Waals surface area contributed by atoms with E-state index in [1.807, 2.05) is 18.2 Å². The van der Waals surface area contributed by atoms with Gasteiger partial charge in [-0.3, -0.25) is 0 Å². The van der Waals surface area contributed by atoms with E-state index in [1.165, 1.54) is 27.5 Å². The summed E-state index contributed by atoms with van der Waals surface area (Å²) in [6.07, 6.45) is 0. The quantitative estimate of drug-likeness (QED) is 0.358. The molecule has 0 N–H and O–H groups in total. The van der Waals surface area contributed by atoms with E-state index >= 15 is 0 Å². The molecule has 0 atom stereocenters. The summed E-state index contributed by atoms with van der Waals surface area (Å²) in [7, 11) is 0. The molecular formula is C22H15Cl4Zr. The maximum absolute atomic E-state index is 6.46. The molecule has 4 aromatic rings. The first-order chi connectivity index (χ1) is 11.6. The topological polar surface area (TPSA) is 0 Å². The van der Waals surface area contributed by atoms with Crippen molar-refractivity contribution < 1.29 is 51.0 Å². The molecule has 5 heteroatoms. The van der Waals surface area contributed by atoms with Gasteiger partial charge in [-0.15, -0.1) is 34.5 Å². The van der Waals surface area contributed by atoms with Gasteiger partial charge in [-0.25, -0.2) is 0 Å². The second-order valence-corrected chi connectivity index (χ2v) is 6.85. The molecule has 4 rings (SSSR count). The van der Waals surface area contributed by atoms with E-state index in [9.17, 15) is 0 Å². The van der Waals surface area contributed by atoms with Crippen LogP contribution in [0.3, 0.4) is 0 Å². The molecule has 0 aliphatic rings. The Labute approximate surface area is 201 Å². The van der Waals surface area contributed by atoms with Crippen LogP contribution in [0.15, 0.2) is 72.8 Å². The van der Waals surface area contributed by atoms with Crippen molar-refractivity contribution in [1.82, 2.24) is 0 Å². The van der Waals surface area contributed by atoms with Crippen molar-refractivity contribution >= 4 is 34.0 Å². The number of halogens is 4. The second kappa shape index (κ2) is 10.2. The Morgan fingerprint density at radius 1 is 0.704 bits per heavy atom. The van der Waals surface area contributed by atoms with Crippen molar-refractivity contribution in [2.45, 2.75) is 6.92 Å². The van der Waals surface area contributed by atoms with Crippen molar-refractivity contribution in [3.63, 3.8) is 0 Å². The molecule has 0 fully saturated rings. The normalized spacial score (nSPS) is 9.89. The number of hydrogen-bond acceptors (Lipinski definition) is 0. The molecule has 0 saturated carbocycles. The van der Waals surface area contributed by atoms with E-state index in [2.05, 4.69) is 55.5 Å². The number of hydrogen-bond donors (Lipinski definition) is 0. The summed E-state index contributed by atoms with van der Waals surface area (Å²) in [5, 5.41) is 3.85. The van der Waals surface area contributed by atoms with Gasteiger partial charge in [-0.2, -0.15) is 6.07 Å². The van der Waals surface area contributed by atoms with Gasteiger partial charge in [-0.1, -0.05) is 72.1 Å². The van der Waals surface area contributed by atoms with Crippen LogP contribution in [0.25, 0.3) is 33.0 Å². The summed E-state index contributed by atoms with van der Waals surface area (Å²) in [4.78, 5) is 0. The van der Waals surface area contributed by atoms with E-state index in [0.717, 1.165) is 11.1 Å². The van der Waals surface area contributed by atoms with Crippen LogP contribution in [0, 0.1) is 6.92 Å². The molecular weight excluding hydrogens is 497 g/mol. The third-order valence-electron chi connectivity index (χ3n) is 4.33. The van der Waals surface area contributed by atoms with E-state index in [1.54, 1.807) is 6.07 Å². The summed E-state index contributed by atoms with van der Waals surface area (Å²) in [5.41, 5.74) is 5.79. The van der Waals surface area contributed by atoms with E-state index < -0.39 is 0 Å². The minimum atomic E-state index is 0. The predicted octanol–water partition coefficient (Wildman–Crippen LogP) is 1.51. The maximum Gasteiger partial charge on any atom is 3.00 e. The van der Waals surface area contributed by atoms with E-state index in [4.69, 9.17) is 23.2 Å². The minimum Gasteiger partial charge on any atom is -1.00 e. The van der Waals surface area contributed by atoms with Gasteiger partial charge in [0.2, 0.25) is 0 Å². The number of aryl methyl sites for hydroxylation is 1. The minimum absolute atomic E-state index is 0. The molecule has 0 aliphatic carbocycles. The first kappa shape index (κ1) is 24.4. The zero-order chi connectivity index (χ0) is 16.7. The fourth-order valence-corrected chi connectivity index (χ4v) is 3.79. The molecule has 1 radical (unpaired) electrons. The van der Waals surface area contributed by atoms with E-state index in [0.29, 0.717) is 10.0 Å². The molecule has 0 nitrogen and oxygen atoms in total. The van der Waals surface area contributed by atoms with Crippen LogP contribution in [0.4, 0.5) is 0 Å². The Morgan fingerprint density at radius 3 is 2.00 bits per heavy atom. The van der Waals surface area contributed by atoms with Crippen molar-refractivity contribution in [2.75, 3.05) is 0 Å². The summed E-state index contributed by atoms with van der Waals surface area (Å²) in [6.45, 7) is 2.13. The van der Waals surface area contributed by atoms with Gasteiger partial charge in [0.1, 0.15) is 0 Å². The smallest absolute Gasteiger partial charge is 1.00 e. The monoisotopic (exact) mass is 509 g/mol.